The van der Waals surface area contributed by atoms with E-state index in [1.807, 2.05) is 0 Å². The van der Waals surface area contributed by atoms with Crippen LogP contribution in [-0.2, 0) is 0 Å². The molecule has 0 unspecified atom stereocenters. The molecule has 1 aromatic rings. The van der Waals surface area contributed by atoms with Crippen molar-refractivity contribution >= 4 is 12.4 Å². The van der Waals surface area contributed by atoms with Crippen molar-refractivity contribution in [3.05, 3.63) is 34.9 Å². The van der Waals surface area contributed by atoms with Gasteiger partial charge in [-0.05, 0) is 18.6 Å². The highest BCUT2D eigenvalue weighted by Crippen LogP contribution is 2.28. The summed E-state index contributed by atoms with van der Waals surface area (Å²) in [6.07, 6.45) is 0. The Labute approximate surface area is 117 Å². The molecule has 1 aliphatic heterocycles. The predicted octanol–water partition coefficient (Wildman–Crippen LogP) is 2.61. The zero-order valence-electron chi connectivity index (χ0n) is 10.8. The van der Waals surface area contributed by atoms with Crippen LogP contribution in [0.2, 0.25) is 0 Å². The molecule has 0 amide bonds. The number of hydrogen-bond acceptors (Lipinski definition) is 2. The summed E-state index contributed by atoms with van der Waals surface area (Å²) in [6.45, 7) is 3.41. The summed E-state index contributed by atoms with van der Waals surface area (Å²) < 4.78 is 41.0. The van der Waals surface area contributed by atoms with Gasteiger partial charge in [-0.1, -0.05) is 6.07 Å². The second-order valence-corrected chi connectivity index (χ2v) is 4.55. The van der Waals surface area contributed by atoms with Crippen LogP contribution in [0.4, 0.5) is 13.2 Å². The molecule has 1 N–H and O–H groups in total. The Hall–Kier alpha value is -0.780. The van der Waals surface area contributed by atoms with Crippen molar-refractivity contribution in [1.82, 2.24) is 10.2 Å². The monoisotopic (exact) mass is 294 g/mol. The van der Waals surface area contributed by atoms with Crippen molar-refractivity contribution < 1.29 is 13.2 Å². The van der Waals surface area contributed by atoms with Gasteiger partial charge >= 0.3 is 0 Å². The van der Waals surface area contributed by atoms with Crippen LogP contribution in [0.25, 0.3) is 0 Å². The van der Waals surface area contributed by atoms with Crippen LogP contribution in [-0.4, -0.2) is 37.8 Å². The zero-order valence-corrected chi connectivity index (χ0v) is 11.6. The van der Waals surface area contributed by atoms with Crippen LogP contribution in [0.3, 0.4) is 0 Å². The highest BCUT2D eigenvalue weighted by molar-refractivity contribution is 5.85. The van der Waals surface area contributed by atoms with Gasteiger partial charge in [0.1, 0.15) is 18.3 Å². The minimum absolute atomic E-state index is 0. The van der Waals surface area contributed by atoms with Crippen LogP contribution in [0.1, 0.15) is 17.2 Å². The van der Waals surface area contributed by atoms with E-state index in [2.05, 4.69) is 5.32 Å². The maximum Gasteiger partial charge on any atom is 0.133 e. The summed E-state index contributed by atoms with van der Waals surface area (Å²) in [5.74, 6) is -1.30. The summed E-state index contributed by atoms with van der Waals surface area (Å²) in [6, 6.07) is 1.76. The van der Waals surface area contributed by atoms with Crippen LogP contribution < -0.4 is 5.32 Å². The molecule has 0 aliphatic carbocycles. The van der Waals surface area contributed by atoms with Crippen molar-refractivity contribution in [2.45, 2.75) is 13.0 Å². The topological polar surface area (TPSA) is 15.3 Å². The van der Waals surface area contributed by atoms with Gasteiger partial charge in [0, 0.05) is 31.7 Å². The molecular formula is C13H18ClF3N2. The normalized spacial score (nSPS) is 17.9. The Balaban J connectivity index is 0.00000180. The Morgan fingerprint density at radius 1 is 1.26 bits per heavy atom. The number of aryl methyl sites for hydroxylation is 1. The van der Waals surface area contributed by atoms with Crippen molar-refractivity contribution in [2.24, 2.45) is 0 Å². The van der Waals surface area contributed by atoms with E-state index < -0.39 is 24.4 Å². The number of nitrogens with one attached hydrogen (secondary N) is 1. The first-order valence-electron chi connectivity index (χ1n) is 6.10. The molecule has 108 valence electrons. The molecule has 0 saturated carbocycles. The second kappa shape index (κ2) is 7.12. The smallest absolute Gasteiger partial charge is 0.133 e. The molecule has 0 aromatic heterocycles. The van der Waals surface area contributed by atoms with E-state index in [4.69, 9.17) is 0 Å². The van der Waals surface area contributed by atoms with E-state index in [1.54, 1.807) is 11.8 Å². The Bertz CT molecular complexity index is 423. The number of piperazine rings is 1. The average molecular weight is 295 g/mol. The molecule has 1 aliphatic rings. The molecule has 2 nitrogen and oxygen atoms in total. The van der Waals surface area contributed by atoms with E-state index in [0.717, 1.165) is 0 Å². The fourth-order valence-electron chi connectivity index (χ4n) is 2.33. The lowest BCUT2D eigenvalue weighted by Crippen LogP contribution is -2.46. The third-order valence-corrected chi connectivity index (χ3v) is 3.39. The maximum absolute atomic E-state index is 14.0. The van der Waals surface area contributed by atoms with Gasteiger partial charge in [0.25, 0.3) is 0 Å². The molecule has 19 heavy (non-hydrogen) atoms. The lowest BCUT2D eigenvalue weighted by atomic mass is 10.0. The number of rotatable bonds is 3. The standard InChI is InChI=1S/C13H17F3N2.ClH/c1-9-2-3-10(15)12(13(9)16)11(8-14)18-6-4-17-5-7-18;/h2-3,11,17H,4-8H2,1H3;1H/t11-;/m0./s1. The van der Waals surface area contributed by atoms with E-state index in [9.17, 15) is 13.2 Å². The lowest BCUT2D eigenvalue weighted by molar-refractivity contribution is 0.141. The number of nitrogens with zero attached hydrogens (tertiary/aromatic N) is 1. The van der Waals surface area contributed by atoms with Crippen molar-refractivity contribution in [3.8, 4) is 0 Å². The third-order valence-electron chi connectivity index (χ3n) is 3.39. The Morgan fingerprint density at radius 3 is 2.47 bits per heavy atom. The second-order valence-electron chi connectivity index (χ2n) is 4.55. The highest BCUT2D eigenvalue weighted by Gasteiger charge is 2.28. The molecular weight excluding hydrogens is 277 g/mol. The number of alkyl halides is 1. The van der Waals surface area contributed by atoms with Crippen molar-refractivity contribution in [3.63, 3.8) is 0 Å². The van der Waals surface area contributed by atoms with Gasteiger partial charge in [-0.2, -0.15) is 0 Å². The van der Waals surface area contributed by atoms with E-state index in [1.165, 1.54) is 12.1 Å². The molecule has 1 heterocycles. The third kappa shape index (κ3) is 3.41. The molecule has 0 bridgehead atoms. The molecule has 0 radical (unpaired) electrons. The van der Waals surface area contributed by atoms with Gasteiger partial charge in [-0.3, -0.25) is 4.90 Å². The van der Waals surface area contributed by atoms with E-state index in [0.29, 0.717) is 31.7 Å². The summed E-state index contributed by atoms with van der Waals surface area (Å²) in [7, 11) is 0. The van der Waals surface area contributed by atoms with Gasteiger partial charge in [0.2, 0.25) is 0 Å². The van der Waals surface area contributed by atoms with Crippen LogP contribution in [0.5, 0.6) is 0 Å². The first kappa shape index (κ1) is 16.3. The molecule has 1 fully saturated rings. The fraction of sp³-hybridized carbons (Fsp3) is 0.538. The first-order chi connectivity index (χ1) is 8.65. The number of benzene rings is 1. The largest absolute Gasteiger partial charge is 0.314 e. The summed E-state index contributed by atoms with van der Waals surface area (Å²) in [5.41, 5.74) is 0.208. The minimum Gasteiger partial charge on any atom is -0.314 e. The molecule has 6 heteroatoms. The Kier molecular flexibility index (Phi) is 6.10. The number of halogens is 4. The van der Waals surface area contributed by atoms with E-state index >= 15 is 0 Å². The van der Waals surface area contributed by atoms with Gasteiger partial charge in [0.15, 0.2) is 0 Å². The molecule has 1 atom stereocenters. The quantitative estimate of drug-likeness (QED) is 0.922. The highest BCUT2D eigenvalue weighted by atomic mass is 35.5. The fourth-order valence-corrected chi connectivity index (χ4v) is 2.33. The lowest BCUT2D eigenvalue weighted by Gasteiger charge is -2.34. The summed E-state index contributed by atoms with van der Waals surface area (Å²) >= 11 is 0. The van der Waals surface area contributed by atoms with Crippen LogP contribution in [0.15, 0.2) is 12.1 Å². The van der Waals surface area contributed by atoms with Gasteiger partial charge in [0.05, 0.1) is 6.04 Å². The molecule has 0 spiro atoms. The first-order valence-corrected chi connectivity index (χ1v) is 6.10. The van der Waals surface area contributed by atoms with Gasteiger partial charge in [-0.25, -0.2) is 13.2 Å². The Morgan fingerprint density at radius 2 is 1.89 bits per heavy atom. The van der Waals surface area contributed by atoms with Crippen LogP contribution >= 0.6 is 12.4 Å². The molecule has 2 rings (SSSR count). The number of hydrogen-bond donors (Lipinski definition) is 1. The summed E-state index contributed by atoms with van der Waals surface area (Å²) in [5, 5.41) is 3.13. The molecule has 1 aromatic carbocycles. The molecule has 1 saturated heterocycles. The van der Waals surface area contributed by atoms with E-state index in [-0.39, 0.29) is 18.0 Å². The van der Waals surface area contributed by atoms with Gasteiger partial charge in [-0.15, -0.1) is 12.4 Å². The maximum atomic E-state index is 14.0. The van der Waals surface area contributed by atoms with Crippen molar-refractivity contribution in [2.75, 3.05) is 32.9 Å². The summed E-state index contributed by atoms with van der Waals surface area (Å²) in [4.78, 5) is 1.79. The zero-order chi connectivity index (χ0) is 13.1. The SMILES string of the molecule is Cc1ccc(F)c([C@H](CF)N2CCNCC2)c1F.Cl. The van der Waals surface area contributed by atoms with Crippen LogP contribution in [0, 0.1) is 18.6 Å². The van der Waals surface area contributed by atoms with Crippen molar-refractivity contribution in [1.29, 1.82) is 0 Å². The average Bonchev–Trinajstić information content (AvgIpc) is 2.40. The van der Waals surface area contributed by atoms with Gasteiger partial charge < -0.3 is 5.32 Å². The predicted molar refractivity (Wildman–Crippen MR) is 71.5 cm³/mol. The minimum atomic E-state index is -0.827.